The zero-order valence-corrected chi connectivity index (χ0v) is 12.8. The Morgan fingerprint density at radius 2 is 2.19 bits per heavy atom. The fourth-order valence-electron chi connectivity index (χ4n) is 1.99. The summed E-state index contributed by atoms with van der Waals surface area (Å²) in [5.74, 6) is 1.02. The van der Waals surface area contributed by atoms with Crippen LogP contribution >= 0.6 is 12.6 Å². The van der Waals surface area contributed by atoms with Crippen LogP contribution < -0.4 is 10.5 Å². The lowest BCUT2D eigenvalue weighted by atomic mass is 10.1. The predicted octanol–water partition coefficient (Wildman–Crippen LogP) is 3.44. The summed E-state index contributed by atoms with van der Waals surface area (Å²) >= 11 is 4.04. The first-order chi connectivity index (χ1) is 9.91. The highest BCUT2D eigenvalue weighted by atomic mass is 32.1. The molecule has 2 aromatic rings. The number of hydrogen-bond acceptors (Lipinski definition) is 6. The van der Waals surface area contributed by atoms with E-state index in [9.17, 15) is 10.1 Å². The van der Waals surface area contributed by atoms with Crippen LogP contribution in [0.2, 0.25) is 0 Å². The first-order valence-corrected chi connectivity index (χ1v) is 7.05. The molecule has 2 N–H and O–H groups in total. The van der Waals surface area contributed by atoms with Crippen molar-refractivity contribution in [3.63, 3.8) is 0 Å². The van der Waals surface area contributed by atoms with Gasteiger partial charge in [0.05, 0.1) is 22.4 Å². The maximum atomic E-state index is 11.1. The minimum Gasteiger partial charge on any atom is -0.493 e. The SMILES string of the molecule is CC(C)CCOc1cccc2nc(S)c([N+](=O)[O-])c(N)c12. The molecule has 0 aliphatic rings. The molecule has 0 saturated heterocycles. The van der Waals surface area contributed by atoms with E-state index in [-0.39, 0.29) is 16.4 Å². The van der Waals surface area contributed by atoms with Crippen LogP contribution in [0.25, 0.3) is 10.9 Å². The molecule has 1 aromatic carbocycles. The van der Waals surface area contributed by atoms with Crippen molar-refractivity contribution in [2.75, 3.05) is 12.3 Å². The van der Waals surface area contributed by atoms with Crippen LogP contribution in [0.15, 0.2) is 23.2 Å². The number of nitrogen functional groups attached to an aromatic ring is 1. The molecule has 2 rings (SSSR count). The topological polar surface area (TPSA) is 91.3 Å². The fourth-order valence-corrected chi connectivity index (χ4v) is 2.30. The van der Waals surface area contributed by atoms with Gasteiger partial charge in [-0.25, -0.2) is 4.98 Å². The van der Waals surface area contributed by atoms with E-state index >= 15 is 0 Å². The largest absolute Gasteiger partial charge is 0.493 e. The number of hydrogen-bond donors (Lipinski definition) is 2. The number of aromatic nitrogens is 1. The molecule has 0 saturated carbocycles. The Balaban J connectivity index is 2.52. The first kappa shape index (κ1) is 15.4. The number of nitrogens with zero attached hydrogens (tertiary/aromatic N) is 2. The second kappa shape index (κ2) is 6.17. The Morgan fingerprint density at radius 3 is 2.81 bits per heavy atom. The van der Waals surface area contributed by atoms with Crippen LogP contribution in [0.1, 0.15) is 20.3 Å². The lowest BCUT2D eigenvalue weighted by Gasteiger charge is -2.12. The van der Waals surface area contributed by atoms with Gasteiger partial charge >= 0.3 is 5.69 Å². The minimum absolute atomic E-state index is 0.00401. The van der Waals surface area contributed by atoms with Crippen LogP contribution in [-0.2, 0) is 0 Å². The number of benzene rings is 1. The smallest absolute Gasteiger partial charge is 0.324 e. The van der Waals surface area contributed by atoms with Crippen LogP contribution in [0, 0.1) is 16.0 Å². The van der Waals surface area contributed by atoms with Gasteiger partial charge in [0.1, 0.15) is 11.4 Å². The van der Waals surface area contributed by atoms with E-state index in [1.807, 2.05) is 0 Å². The van der Waals surface area contributed by atoms with Crippen LogP contribution in [0.5, 0.6) is 5.75 Å². The Kier molecular flexibility index (Phi) is 4.52. The van der Waals surface area contributed by atoms with Crippen molar-refractivity contribution in [1.29, 1.82) is 0 Å². The monoisotopic (exact) mass is 307 g/mol. The maximum Gasteiger partial charge on any atom is 0.324 e. The third-order valence-corrected chi connectivity index (χ3v) is 3.41. The van der Waals surface area contributed by atoms with Gasteiger partial charge in [-0.2, -0.15) is 0 Å². The van der Waals surface area contributed by atoms with E-state index in [4.69, 9.17) is 10.5 Å². The summed E-state index contributed by atoms with van der Waals surface area (Å²) in [6, 6.07) is 5.24. The van der Waals surface area contributed by atoms with Crippen molar-refractivity contribution in [1.82, 2.24) is 4.98 Å². The Hall–Kier alpha value is -2.02. The minimum atomic E-state index is -0.574. The molecule has 7 heteroatoms. The van der Waals surface area contributed by atoms with Crippen molar-refractivity contribution >= 4 is 34.9 Å². The normalized spacial score (nSPS) is 11.0. The molecule has 0 spiro atoms. The lowest BCUT2D eigenvalue weighted by molar-refractivity contribution is -0.387. The number of fused-ring (bicyclic) bond motifs is 1. The van der Waals surface area contributed by atoms with Gasteiger partial charge in [0, 0.05) is 0 Å². The summed E-state index contributed by atoms with van der Waals surface area (Å²) in [4.78, 5) is 14.6. The number of ether oxygens (including phenoxy) is 1. The maximum absolute atomic E-state index is 11.1. The third kappa shape index (κ3) is 3.18. The Morgan fingerprint density at radius 1 is 1.48 bits per heavy atom. The highest BCUT2D eigenvalue weighted by Crippen LogP contribution is 2.38. The number of rotatable bonds is 5. The second-order valence-electron chi connectivity index (χ2n) is 5.14. The van der Waals surface area contributed by atoms with E-state index in [1.165, 1.54) is 0 Å². The van der Waals surface area contributed by atoms with Gasteiger partial charge in [0.25, 0.3) is 0 Å². The van der Waals surface area contributed by atoms with Crippen molar-refractivity contribution in [3.8, 4) is 5.75 Å². The number of pyridine rings is 1. The summed E-state index contributed by atoms with van der Waals surface area (Å²) in [5, 5.41) is 11.6. The van der Waals surface area contributed by atoms with E-state index in [1.54, 1.807) is 18.2 Å². The average Bonchev–Trinajstić information content (AvgIpc) is 2.37. The van der Waals surface area contributed by atoms with Gasteiger partial charge in [-0.1, -0.05) is 19.9 Å². The average molecular weight is 307 g/mol. The third-order valence-electron chi connectivity index (χ3n) is 3.10. The molecule has 0 bridgehead atoms. The molecule has 0 aliphatic carbocycles. The van der Waals surface area contributed by atoms with Crippen molar-refractivity contribution < 1.29 is 9.66 Å². The standard InChI is InChI=1S/C14H17N3O3S/c1-8(2)6-7-20-10-5-3-4-9-11(10)12(15)13(17(18)19)14(21)16-9/h3-5,8H,6-7H2,1-2H3,(H3,15,16,21). The predicted molar refractivity (Wildman–Crippen MR) is 85.0 cm³/mol. The molecule has 6 nitrogen and oxygen atoms in total. The van der Waals surface area contributed by atoms with Crippen molar-refractivity contribution in [2.45, 2.75) is 25.3 Å². The highest BCUT2D eigenvalue weighted by Gasteiger charge is 2.22. The quantitative estimate of drug-likeness (QED) is 0.501. The van der Waals surface area contributed by atoms with E-state index < -0.39 is 4.92 Å². The summed E-state index contributed by atoms with van der Waals surface area (Å²) < 4.78 is 5.72. The summed E-state index contributed by atoms with van der Waals surface area (Å²) in [6.45, 7) is 4.72. The summed E-state index contributed by atoms with van der Waals surface area (Å²) in [6.07, 6.45) is 0.885. The van der Waals surface area contributed by atoms with Gasteiger partial charge in [0.15, 0.2) is 5.03 Å². The fraction of sp³-hybridized carbons (Fsp3) is 0.357. The summed E-state index contributed by atoms with van der Waals surface area (Å²) in [7, 11) is 0. The molecule has 1 aromatic heterocycles. The van der Waals surface area contributed by atoms with E-state index in [0.29, 0.717) is 29.2 Å². The number of anilines is 1. The van der Waals surface area contributed by atoms with Gasteiger partial charge in [-0.15, -0.1) is 12.6 Å². The summed E-state index contributed by atoms with van der Waals surface area (Å²) in [5.41, 5.74) is 6.23. The number of nitrogens with two attached hydrogens (primary N) is 1. The molecule has 0 atom stereocenters. The van der Waals surface area contributed by atoms with Crippen molar-refractivity contribution in [2.24, 2.45) is 5.92 Å². The van der Waals surface area contributed by atoms with Crippen LogP contribution in [-0.4, -0.2) is 16.5 Å². The first-order valence-electron chi connectivity index (χ1n) is 6.60. The molecule has 0 fully saturated rings. The Bertz CT molecular complexity index is 689. The molecule has 1 heterocycles. The van der Waals surface area contributed by atoms with Crippen LogP contribution in [0.4, 0.5) is 11.4 Å². The van der Waals surface area contributed by atoms with Crippen LogP contribution in [0.3, 0.4) is 0 Å². The molecule has 0 amide bonds. The molecule has 0 unspecified atom stereocenters. The van der Waals surface area contributed by atoms with E-state index in [2.05, 4.69) is 31.5 Å². The second-order valence-corrected chi connectivity index (χ2v) is 5.56. The highest BCUT2D eigenvalue weighted by molar-refractivity contribution is 7.80. The zero-order valence-electron chi connectivity index (χ0n) is 11.9. The molecule has 0 radical (unpaired) electrons. The van der Waals surface area contributed by atoms with Crippen molar-refractivity contribution in [3.05, 3.63) is 28.3 Å². The van der Waals surface area contributed by atoms with Gasteiger partial charge in [0.2, 0.25) is 0 Å². The molecule has 0 aliphatic heterocycles. The van der Waals surface area contributed by atoms with Gasteiger partial charge in [-0.05, 0) is 24.5 Å². The zero-order chi connectivity index (χ0) is 15.6. The molecule has 112 valence electrons. The van der Waals surface area contributed by atoms with E-state index in [0.717, 1.165) is 6.42 Å². The molecule has 21 heavy (non-hydrogen) atoms. The van der Waals surface area contributed by atoms with Gasteiger partial charge in [-0.3, -0.25) is 10.1 Å². The van der Waals surface area contributed by atoms with Gasteiger partial charge < -0.3 is 10.5 Å². The number of thiol groups is 1. The lowest BCUT2D eigenvalue weighted by Crippen LogP contribution is -2.04. The Labute approximate surface area is 127 Å². The number of nitro groups is 1. The molecular formula is C14H17N3O3S. The molecular weight excluding hydrogens is 290 g/mol.